The molecule has 33 heavy (non-hydrogen) atoms. The van der Waals surface area contributed by atoms with Gasteiger partial charge in [-0.25, -0.2) is 4.98 Å². The molecule has 3 aromatic heterocycles. The number of carbonyl (C=O) groups is 2. The van der Waals surface area contributed by atoms with Gasteiger partial charge in [-0.15, -0.1) is 22.7 Å². The molecule has 4 rings (SSSR count). The third-order valence-electron chi connectivity index (χ3n) is 4.86. The zero-order chi connectivity index (χ0) is 23.2. The average Bonchev–Trinajstić information content (AvgIpc) is 3.44. The zero-order valence-electron chi connectivity index (χ0n) is 17.8. The Morgan fingerprint density at radius 1 is 1.09 bits per heavy atom. The third kappa shape index (κ3) is 5.84. The fourth-order valence-electron chi connectivity index (χ4n) is 3.20. The van der Waals surface area contributed by atoms with Crippen LogP contribution in [0.5, 0.6) is 0 Å². The van der Waals surface area contributed by atoms with Gasteiger partial charge in [-0.2, -0.15) is 0 Å². The van der Waals surface area contributed by atoms with Gasteiger partial charge < -0.3 is 10.6 Å². The van der Waals surface area contributed by atoms with Crippen molar-refractivity contribution in [1.29, 1.82) is 0 Å². The monoisotopic (exact) mass is 496 g/mol. The first-order valence-electron chi connectivity index (χ1n) is 10.3. The summed E-state index contributed by atoms with van der Waals surface area (Å²) in [7, 11) is 0. The van der Waals surface area contributed by atoms with Crippen LogP contribution in [0.1, 0.15) is 37.0 Å². The number of rotatable bonds is 8. The third-order valence-corrected chi connectivity index (χ3v) is 7.25. The highest BCUT2D eigenvalue weighted by Crippen LogP contribution is 2.28. The van der Waals surface area contributed by atoms with E-state index in [2.05, 4.69) is 20.6 Å². The maximum absolute atomic E-state index is 12.6. The van der Waals surface area contributed by atoms with Gasteiger partial charge in [0, 0.05) is 36.3 Å². The first kappa shape index (κ1) is 23.1. The number of aromatic nitrogens is 2. The summed E-state index contributed by atoms with van der Waals surface area (Å²) in [6, 6.07) is 12.5. The summed E-state index contributed by atoms with van der Waals surface area (Å²) in [5, 5.41) is 9.85. The van der Waals surface area contributed by atoms with Crippen LogP contribution < -0.4 is 10.6 Å². The molecule has 2 amide bonds. The highest BCUT2D eigenvalue weighted by molar-refractivity contribution is 7.18. The van der Waals surface area contributed by atoms with Gasteiger partial charge in [0.2, 0.25) is 0 Å². The smallest absolute Gasteiger partial charge is 0.261 e. The van der Waals surface area contributed by atoms with Crippen LogP contribution in [0.4, 0.5) is 5.00 Å². The van der Waals surface area contributed by atoms with Crippen LogP contribution >= 0.6 is 34.3 Å². The molecular weight excluding hydrogens is 476 g/mol. The van der Waals surface area contributed by atoms with Crippen molar-refractivity contribution >= 4 is 51.1 Å². The molecule has 2 N–H and O–H groups in total. The van der Waals surface area contributed by atoms with E-state index in [4.69, 9.17) is 11.6 Å². The van der Waals surface area contributed by atoms with E-state index in [-0.39, 0.29) is 11.8 Å². The number of anilines is 1. The number of halogens is 1. The number of hydrogen-bond acceptors (Lipinski definition) is 6. The molecule has 168 valence electrons. The minimum Gasteiger partial charge on any atom is -0.351 e. The predicted molar refractivity (Wildman–Crippen MR) is 134 cm³/mol. The molecule has 9 heteroatoms. The van der Waals surface area contributed by atoms with Crippen LogP contribution in [0.2, 0.25) is 5.02 Å². The first-order chi connectivity index (χ1) is 16.0. The van der Waals surface area contributed by atoms with E-state index in [1.165, 1.54) is 11.3 Å². The van der Waals surface area contributed by atoms with Crippen molar-refractivity contribution < 1.29 is 9.59 Å². The van der Waals surface area contributed by atoms with Gasteiger partial charge in [-0.1, -0.05) is 23.7 Å². The number of pyridine rings is 1. The molecular formula is C24H21ClN4O2S2. The Bertz CT molecular complexity index is 1270. The number of nitrogens with one attached hydrogen (secondary N) is 2. The van der Waals surface area contributed by atoms with Crippen LogP contribution in [0.3, 0.4) is 0 Å². The van der Waals surface area contributed by atoms with Crippen LogP contribution in [0.15, 0.2) is 60.2 Å². The van der Waals surface area contributed by atoms with Gasteiger partial charge in [0.15, 0.2) is 0 Å². The molecule has 1 aromatic carbocycles. The highest BCUT2D eigenvalue weighted by Gasteiger charge is 2.16. The standard InChI is InChI=1S/C24H21ClN4O2S2/c1-15-13-21(29-23(30)17-5-2-3-6-18(17)25)33-22(15)24(31)27-10-4-7-20-28-19(14-32-20)16-8-11-26-12-9-16/h2-3,5-6,8-9,11-14H,4,7,10H2,1H3,(H,27,31)(H,29,30). The molecule has 3 heterocycles. The number of amides is 2. The number of thiophene rings is 1. The molecule has 0 bridgehead atoms. The summed E-state index contributed by atoms with van der Waals surface area (Å²) in [5.74, 6) is -0.448. The molecule has 6 nitrogen and oxygen atoms in total. The Kier molecular flexibility index (Phi) is 7.49. The number of thiazole rings is 1. The Morgan fingerprint density at radius 2 is 1.88 bits per heavy atom. The molecule has 0 aliphatic carbocycles. The van der Waals surface area contributed by atoms with E-state index in [0.29, 0.717) is 27.0 Å². The average molecular weight is 497 g/mol. The van der Waals surface area contributed by atoms with Crippen molar-refractivity contribution in [3.63, 3.8) is 0 Å². The minimum absolute atomic E-state index is 0.146. The lowest BCUT2D eigenvalue weighted by molar-refractivity contribution is 0.0955. The van der Waals surface area contributed by atoms with E-state index in [1.54, 1.807) is 54.1 Å². The summed E-state index contributed by atoms with van der Waals surface area (Å²) in [5.41, 5.74) is 3.20. The lowest BCUT2D eigenvalue weighted by Crippen LogP contribution is -2.24. The lowest BCUT2D eigenvalue weighted by Gasteiger charge is -2.04. The van der Waals surface area contributed by atoms with E-state index < -0.39 is 0 Å². The fraction of sp³-hybridized carbons (Fsp3) is 0.167. The molecule has 0 saturated heterocycles. The quantitative estimate of drug-likeness (QED) is 0.300. The molecule has 0 aliphatic heterocycles. The summed E-state index contributed by atoms with van der Waals surface area (Å²) in [6.07, 6.45) is 5.09. The fourth-order valence-corrected chi connectivity index (χ4v) is 5.25. The highest BCUT2D eigenvalue weighted by atomic mass is 35.5. The number of aryl methyl sites for hydroxylation is 2. The molecule has 0 radical (unpaired) electrons. The van der Waals surface area contributed by atoms with Gasteiger partial charge in [-0.05, 0) is 49.2 Å². The van der Waals surface area contributed by atoms with Crippen molar-refractivity contribution in [3.8, 4) is 11.3 Å². The molecule has 0 atom stereocenters. The maximum Gasteiger partial charge on any atom is 0.261 e. The number of hydrogen-bond donors (Lipinski definition) is 2. The Hall–Kier alpha value is -3.07. The second kappa shape index (κ2) is 10.7. The van der Waals surface area contributed by atoms with Crippen LogP contribution in [-0.2, 0) is 6.42 Å². The second-order valence-corrected chi connectivity index (χ2v) is 9.68. The zero-order valence-corrected chi connectivity index (χ0v) is 20.2. The second-order valence-electron chi connectivity index (χ2n) is 7.28. The molecule has 0 spiro atoms. The Morgan fingerprint density at radius 3 is 2.67 bits per heavy atom. The molecule has 4 aromatic rings. The number of benzene rings is 1. The summed E-state index contributed by atoms with van der Waals surface area (Å²) >= 11 is 8.96. The van der Waals surface area contributed by atoms with Gasteiger partial charge in [0.05, 0.1) is 31.2 Å². The van der Waals surface area contributed by atoms with Crippen LogP contribution in [0.25, 0.3) is 11.3 Å². The normalized spacial score (nSPS) is 10.7. The molecule has 0 saturated carbocycles. The van der Waals surface area contributed by atoms with Gasteiger partial charge in [0.25, 0.3) is 11.8 Å². The van der Waals surface area contributed by atoms with Crippen molar-refractivity contribution in [2.45, 2.75) is 19.8 Å². The number of nitrogens with zero attached hydrogens (tertiary/aromatic N) is 2. The van der Waals surface area contributed by atoms with Crippen LogP contribution in [-0.4, -0.2) is 28.3 Å². The van der Waals surface area contributed by atoms with E-state index in [1.807, 2.05) is 24.4 Å². The Balaban J connectivity index is 1.28. The molecule has 0 aliphatic rings. The van der Waals surface area contributed by atoms with Crippen molar-refractivity contribution in [2.75, 3.05) is 11.9 Å². The SMILES string of the molecule is Cc1cc(NC(=O)c2ccccc2Cl)sc1C(=O)NCCCc1nc(-c2ccncc2)cs1. The maximum atomic E-state index is 12.6. The minimum atomic E-state index is -0.302. The van der Waals surface area contributed by atoms with Crippen molar-refractivity contribution in [1.82, 2.24) is 15.3 Å². The number of carbonyl (C=O) groups excluding carboxylic acids is 2. The Labute approximate surface area is 204 Å². The summed E-state index contributed by atoms with van der Waals surface area (Å²) in [4.78, 5) is 34.4. The lowest BCUT2D eigenvalue weighted by atomic mass is 10.2. The molecule has 0 fully saturated rings. The first-order valence-corrected chi connectivity index (χ1v) is 12.4. The topological polar surface area (TPSA) is 84.0 Å². The van der Waals surface area contributed by atoms with Crippen molar-refractivity contribution in [2.24, 2.45) is 0 Å². The van der Waals surface area contributed by atoms with Gasteiger partial charge in [0.1, 0.15) is 0 Å². The molecule has 0 unspecified atom stereocenters. The summed E-state index contributed by atoms with van der Waals surface area (Å²) < 4.78 is 0. The van der Waals surface area contributed by atoms with E-state index in [0.717, 1.165) is 34.7 Å². The predicted octanol–water partition coefficient (Wildman–Crippen LogP) is 5.84. The van der Waals surface area contributed by atoms with Crippen LogP contribution in [0, 0.1) is 6.92 Å². The van der Waals surface area contributed by atoms with E-state index >= 15 is 0 Å². The summed E-state index contributed by atoms with van der Waals surface area (Å²) in [6.45, 7) is 2.40. The van der Waals surface area contributed by atoms with Gasteiger partial charge in [-0.3, -0.25) is 14.6 Å². The van der Waals surface area contributed by atoms with E-state index in [9.17, 15) is 9.59 Å². The van der Waals surface area contributed by atoms with Crippen molar-refractivity contribution in [3.05, 3.63) is 86.3 Å². The van der Waals surface area contributed by atoms with Gasteiger partial charge >= 0.3 is 0 Å². The largest absolute Gasteiger partial charge is 0.351 e.